The monoisotopic (exact) mass is 906 g/mol. The molecule has 0 heterocycles. The lowest BCUT2D eigenvalue weighted by atomic mass is 9.90. The number of halogens is 14. The lowest BCUT2D eigenvalue weighted by Gasteiger charge is -2.26. The van der Waals surface area contributed by atoms with E-state index in [1.54, 1.807) is 0 Å². The number of carbonyl (C=O) groups is 2. The molecule has 0 bridgehead atoms. The van der Waals surface area contributed by atoms with Crippen LogP contribution >= 0.6 is 43.6 Å². The van der Waals surface area contributed by atoms with E-state index in [0.717, 1.165) is 24.3 Å². The molecule has 2 N–H and O–H groups in total. The number of carboxylic acids is 2. The zero-order chi connectivity index (χ0) is 39.8. The van der Waals surface area contributed by atoms with E-state index in [-0.39, 0.29) is 44.4 Å². The molecule has 4 aromatic rings. The summed E-state index contributed by atoms with van der Waals surface area (Å²) in [4.78, 5) is 19.4. The van der Waals surface area contributed by atoms with Gasteiger partial charge >= 0.3 is 36.6 Å². The average Bonchev–Trinajstić information content (AvgIpc) is 3.00. The molecule has 4 aromatic carbocycles. The fraction of sp³-hybridized carbons (Fsp3) is 0.118. The molecule has 0 aliphatic rings. The van der Waals surface area contributed by atoms with Gasteiger partial charge in [-0.05, 0) is 81.9 Å². The molecule has 0 unspecified atom stereocenters. The highest BCUT2D eigenvalue weighted by Crippen LogP contribution is 2.55. The smallest absolute Gasteiger partial charge is 0.418 e. The zero-order valence-corrected chi connectivity index (χ0v) is 29.5. The second kappa shape index (κ2) is 15.3. The molecule has 4 rings (SSSR count). The molecule has 0 spiro atoms. The second-order valence-electron chi connectivity index (χ2n) is 10.6. The van der Waals surface area contributed by atoms with Gasteiger partial charge in [-0.3, -0.25) is 0 Å². The Morgan fingerprint density at radius 2 is 0.849 bits per heavy atom. The first-order chi connectivity index (χ1) is 24.3. The normalized spacial score (nSPS) is 12.9. The number of carboxylic acid groups (broad SMARTS) is 2. The summed E-state index contributed by atoms with van der Waals surface area (Å²) in [5, 5.41) is 18.3. The summed E-state index contributed by atoms with van der Waals surface area (Å²) < 4.78 is 178. The molecule has 4 nitrogen and oxygen atoms in total. The molecule has 0 radical (unpaired) electrons. The lowest BCUT2D eigenvalue weighted by molar-refractivity contribution is -0.164. The molecule has 0 aromatic heterocycles. The van der Waals surface area contributed by atoms with Crippen LogP contribution in [-0.2, 0) is 34.3 Å². The Hall–Kier alpha value is -4.23. The summed E-state index contributed by atoms with van der Waals surface area (Å²) in [6.07, 6.45) is -23.4. The van der Waals surface area contributed by atoms with Gasteiger partial charge in [-0.2, -0.15) is 52.7 Å². The SMILES string of the molecule is O=C(O)/C=C/c1c(-c2cccc(Br)c2)cc(Sc2cc(-c3cccc(Br)c3)c(/C=C/C(=O)O)c(C(F)(F)F)c2C(F)(F)F)c(C(F)(F)F)c1C(F)(F)F. The highest BCUT2D eigenvalue weighted by molar-refractivity contribution is 9.10. The Labute approximate surface area is 311 Å². The fourth-order valence-corrected chi connectivity index (χ4v) is 7.25. The van der Waals surface area contributed by atoms with Crippen LogP contribution in [0.1, 0.15) is 33.4 Å². The van der Waals surface area contributed by atoms with Crippen molar-refractivity contribution in [2.45, 2.75) is 34.5 Å². The van der Waals surface area contributed by atoms with Crippen LogP contribution in [0, 0.1) is 0 Å². The summed E-state index contributed by atoms with van der Waals surface area (Å²) in [6, 6.07) is 10.3. The molecule has 0 atom stereocenters. The molecule has 19 heteroatoms. The molecule has 0 aliphatic carbocycles. The third kappa shape index (κ3) is 9.66. The van der Waals surface area contributed by atoms with Crippen molar-refractivity contribution in [2.24, 2.45) is 0 Å². The van der Waals surface area contributed by atoms with E-state index in [0.29, 0.717) is 12.1 Å². The molecule has 0 saturated heterocycles. The maximum absolute atomic E-state index is 14.8. The molecule has 53 heavy (non-hydrogen) atoms. The number of benzene rings is 4. The van der Waals surface area contributed by atoms with Gasteiger partial charge in [0.05, 0.1) is 22.3 Å². The van der Waals surface area contributed by atoms with Crippen LogP contribution < -0.4 is 0 Å². The quantitative estimate of drug-likeness (QED) is 0.136. The van der Waals surface area contributed by atoms with Gasteiger partial charge in [0.25, 0.3) is 0 Å². The highest BCUT2D eigenvalue weighted by Gasteiger charge is 2.50. The first-order valence-electron chi connectivity index (χ1n) is 14.0. The maximum atomic E-state index is 14.8. The number of aliphatic carboxylic acids is 2. The average molecular weight is 908 g/mol. The van der Waals surface area contributed by atoms with Crippen molar-refractivity contribution in [3.63, 3.8) is 0 Å². The fourth-order valence-electron chi connectivity index (χ4n) is 5.22. The number of hydrogen-bond donors (Lipinski definition) is 2. The number of rotatable bonds is 8. The van der Waals surface area contributed by atoms with Crippen LogP contribution in [0.2, 0.25) is 0 Å². The first kappa shape index (κ1) is 41.5. The lowest BCUT2D eigenvalue weighted by Crippen LogP contribution is -2.21. The summed E-state index contributed by atoms with van der Waals surface area (Å²) in [6.45, 7) is 0. The van der Waals surface area contributed by atoms with E-state index in [4.69, 9.17) is 10.2 Å². The van der Waals surface area contributed by atoms with Crippen LogP contribution in [0.25, 0.3) is 34.4 Å². The van der Waals surface area contributed by atoms with Crippen molar-refractivity contribution < 1.29 is 72.5 Å². The molecule has 0 saturated carbocycles. The van der Waals surface area contributed by atoms with Gasteiger partial charge in [0, 0.05) is 30.9 Å². The van der Waals surface area contributed by atoms with E-state index in [9.17, 15) is 62.3 Å². The van der Waals surface area contributed by atoms with Crippen molar-refractivity contribution in [3.8, 4) is 22.3 Å². The van der Waals surface area contributed by atoms with Crippen LogP contribution in [0.5, 0.6) is 0 Å². The minimum atomic E-state index is -6.04. The van der Waals surface area contributed by atoms with Crippen LogP contribution in [-0.4, -0.2) is 22.2 Å². The Bertz CT molecular complexity index is 2000. The van der Waals surface area contributed by atoms with Gasteiger partial charge in [0.2, 0.25) is 0 Å². The Kier molecular flexibility index (Phi) is 12.0. The van der Waals surface area contributed by atoms with Gasteiger partial charge in [0.15, 0.2) is 0 Å². The molecular formula is C34H16Br2F12O4S. The third-order valence-corrected chi connectivity index (χ3v) is 9.14. The second-order valence-corrected chi connectivity index (χ2v) is 13.5. The largest absolute Gasteiger partial charge is 0.478 e. The van der Waals surface area contributed by atoms with Gasteiger partial charge < -0.3 is 10.2 Å². The minimum absolute atomic E-state index is 0.101. The summed E-state index contributed by atoms with van der Waals surface area (Å²) in [5.41, 5.74) is -15.1. The first-order valence-corrected chi connectivity index (χ1v) is 16.4. The maximum Gasteiger partial charge on any atom is 0.418 e. The Morgan fingerprint density at radius 1 is 0.528 bits per heavy atom. The molecule has 0 fully saturated rings. The molecular weight excluding hydrogens is 892 g/mol. The predicted octanol–water partition coefficient (Wildman–Crippen LogP) is 13.0. The van der Waals surface area contributed by atoms with Gasteiger partial charge in [-0.1, -0.05) is 67.9 Å². The minimum Gasteiger partial charge on any atom is -0.478 e. The van der Waals surface area contributed by atoms with Crippen LogP contribution in [0.15, 0.2) is 91.6 Å². The van der Waals surface area contributed by atoms with E-state index >= 15 is 0 Å². The topological polar surface area (TPSA) is 74.6 Å². The van der Waals surface area contributed by atoms with E-state index in [2.05, 4.69) is 31.9 Å². The van der Waals surface area contributed by atoms with Crippen molar-refractivity contribution in [3.05, 3.63) is 115 Å². The molecule has 280 valence electrons. The number of hydrogen-bond acceptors (Lipinski definition) is 3. The van der Waals surface area contributed by atoms with Crippen LogP contribution in [0.3, 0.4) is 0 Å². The highest BCUT2D eigenvalue weighted by atomic mass is 79.9. The Morgan fingerprint density at radius 3 is 1.11 bits per heavy atom. The summed E-state index contributed by atoms with van der Waals surface area (Å²) in [5.74, 6) is -3.76. The van der Waals surface area contributed by atoms with Gasteiger partial charge in [-0.25, -0.2) is 9.59 Å². The number of alkyl halides is 12. The predicted molar refractivity (Wildman–Crippen MR) is 177 cm³/mol. The summed E-state index contributed by atoms with van der Waals surface area (Å²) >= 11 is 5.40. The van der Waals surface area contributed by atoms with Crippen molar-refractivity contribution in [2.75, 3.05) is 0 Å². The molecule has 0 aliphatic heterocycles. The van der Waals surface area contributed by atoms with E-state index in [1.165, 1.54) is 24.3 Å². The standard InChI is InChI=1S/C34H16Br2F12O4S/c35-17-5-1-3-15(11-17)21-13-23(29(33(43,44)45)27(31(37,38)39)19(21)7-9-25(49)50)53-24-14-22(16-4-2-6-18(36)12-16)20(8-10-26(51)52)28(32(40,41)42)30(24)34(46,47)48/h1-14H,(H,49,50)(H,51,52)/b9-7+,10-8+. The van der Waals surface area contributed by atoms with Crippen molar-refractivity contribution in [1.29, 1.82) is 0 Å². The van der Waals surface area contributed by atoms with Crippen molar-refractivity contribution >= 4 is 67.7 Å². The van der Waals surface area contributed by atoms with E-state index < -0.39 is 103 Å². The Balaban J connectivity index is 2.31. The van der Waals surface area contributed by atoms with Gasteiger partial charge in [0.1, 0.15) is 0 Å². The molecule has 0 amide bonds. The van der Waals surface area contributed by atoms with Crippen LogP contribution in [0.4, 0.5) is 52.7 Å². The third-order valence-electron chi connectivity index (χ3n) is 7.07. The van der Waals surface area contributed by atoms with Crippen molar-refractivity contribution in [1.82, 2.24) is 0 Å². The summed E-state index contributed by atoms with van der Waals surface area (Å²) in [7, 11) is 0. The van der Waals surface area contributed by atoms with Gasteiger partial charge in [-0.15, -0.1) is 0 Å². The zero-order valence-electron chi connectivity index (χ0n) is 25.5. The van der Waals surface area contributed by atoms with E-state index in [1.807, 2.05) is 0 Å².